The van der Waals surface area contributed by atoms with Crippen LogP contribution in [0.15, 0.2) is 134 Å². The number of fused-ring (bicyclic) bond motifs is 1. The van der Waals surface area contributed by atoms with Gasteiger partial charge in [-0.2, -0.15) is 13.2 Å². The molecule has 0 atom stereocenters. The lowest BCUT2D eigenvalue weighted by Gasteiger charge is -2.10. The number of pyridine rings is 1. The Morgan fingerprint density at radius 2 is 0.895 bits per heavy atom. The van der Waals surface area contributed by atoms with E-state index >= 15 is 0 Å². The molecule has 0 saturated heterocycles. The monoisotopic (exact) mass is 501 g/mol. The maximum Gasteiger partial charge on any atom is 0.416 e. The number of halogens is 3. The zero-order chi connectivity index (χ0) is 26.1. The highest BCUT2D eigenvalue weighted by Gasteiger charge is 2.30. The lowest BCUT2D eigenvalue weighted by molar-refractivity contribution is -0.137. The smallest absolute Gasteiger partial charge is 0.256 e. The molecule has 1 heterocycles. The third-order valence-corrected chi connectivity index (χ3v) is 6.77. The van der Waals surface area contributed by atoms with Gasteiger partial charge in [0, 0.05) is 17.1 Å². The van der Waals surface area contributed by atoms with Gasteiger partial charge in [-0.1, -0.05) is 103 Å². The minimum absolute atomic E-state index is 0.546. The highest BCUT2D eigenvalue weighted by atomic mass is 19.4. The highest BCUT2D eigenvalue weighted by Crippen LogP contribution is 2.33. The second-order valence-corrected chi connectivity index (χ2v) is 9.23. The summed E-state index contributed by atoms with van der Waals surface area (Å²) < 4.78 is 39.2. The molecule has 0 aliphatic heterocycles. The summed E-state index contributed by atoms with van der Waals surface area (Å²) in [5.41, 5.74) is 8.11. The first-order valence-corrected chi connectivity index (χ1v) is 12.3. The minimum Gasteiger partial charge on any atom is -0.256 e. The third kappa shape index (κ3) is 4.81. The first-order chi connectivity index (χ1) is 18.4. The van der Waals surface area contributed by atoms with Gasteiger partial charge in [0.05, 0.1) is 11.1 Å². The number of rotatable bonds is 4. The number of nitrogens with zero attached hydrogens (tertiary/aromatic N) is 1. The maximum absolute atomic E-state index is 13.1. The fourth-order valence-electron chi connectivity index (χ4n) is 4.67. The van der Waals surface area contributed by atoms with Crippen molar-refractivity contribution in [1.29, 1.82) is 0 Å². The van der Waals surface area contributed by atoms with Crippen LogP contribution in [0.4, 0.5) is 13.2 Å². The maximum atomic E-state index is 13.1. The Hall–Kier alpha value is -4.70. The van der Waals surface area contributed by atoms with Crippen LogP contribution in [-0.4, -0.2) is 4.98 Å². The Morgan fingerprint density at radius 3 is 1.42 bits per heavy atom. The molecular formula is C34H22F3N. The average Bonchev–Trinajstić information content (AvgIpc) is 2.97. The van der Waals surface area contributed by atoms with Gasteiger partial charge in [0.15, 0.2) is 0 Å². The van der Waals surface area contributed by atoms with Gasteiger partial charge in [0.25, 0.3) is 0 Å². The molecule has 4 heteroatoms. The Balaban J connectivity index is 1.20. The summed E-state index contributed by atoms with van der Waals surface area (Å²) in [7, 11) is 0. The van der Waals surface area contributed by atoms with Crippen molar-refractivity contribution in [3.8, 4) is 44.5 Å². The van der Waals surface area contributed by atoms with Crippen molar-refractivity contribution in [3.05, 3.63) is 139 Å². The topological polar surface area (TPSA) is 12.9 Å². The van der Waals surface area contributed by atoms with E-state index in [1.54, 1.807) is 6.07 Å². The van der Waals surface area contributed by atoms with Gasteiger partial charge >= 0.3 is 6.18 Å². The van der Waals surface area contributed by atoms with E-state index < -0.39 is 11.7 Å². The number of hydrogen-bond donors (Lipinski definition) is 0. The van der Waals surface area contributed by atoms with Crippen molar-refractivity contribution in [2.24, 2.45) is 0 Å². The quantitative estimate of drug-likeness (QED) is 0.234. The minimum atomic E-state index is -4.36. The van der Waals surface area contributed by atoms with E-state index in [2.05, 4.69) is 65.6 Å². The molecular weight excluding hydrogens is 479 g/mol. The molecule has 6 rings (SSSR count). The molecule has 0 amide bonds. The molecule has 0 saturated carbocycles. The molecule has 5 aromatic carbocycles. The van der Waals surface area contributed by atoms with E-state index in [0.29, 0.717) is 5.56 Å². The van der Waals surface area contributed by atoms with Crippen LogP contribution in [0.2, 0.25) is 0 Å². The van der Waals surface area contributed by atoms with Crippen LogP contribution >= 0.6 is 0 Å². The highest BCUT2D eigenvalue weighted by molar-refractivity contribution is 5.84. The fraction of sp³-hybridized carbons (Fsp3) is 0.0294. The van der Waals surface area contributed by atoms with Gasteiger partial charge in [-0.3, -0.25) is 4.98 Å². The largest absolute Gasteiger partial charge is 0.416 e. The molecule has 0 aliphatic carbocycles. The van der Waals surface area contributed by atoms with Gasteiger partial charge < -0.3 is 0 Å². The molecule has 1 aromatic heterocycles. The Labute approximate surface area is 218 Å². The van der Waals surface area contributed by atoms with Crippen LogP contribution in [0, 0.1) is 0 Å². The molecule has 0 bridgehead atoms. The third-order valence-electron chi connectivity index (χ3n) is 6.77. The summed E-state index contributed by atoms with van der Waals surface area (Å²) in [5.74, 6) is 0. The molecule has 184 valence electrons. The predicted octanol–water partition coefficient (Wildman–Crippen LogP) is 9.92. The standard InChI is InChI=1S/C34H22F3N/c35-34(36,37)32-6-3-5-29(21-32)27-16-12-25(13-17-27)23-8-10-24(11-9-23)26-14-18-28(19-15-26)31-20-30-4-1-2-7-33(30)38-22-31/h1-22H. The Morgan fingerprint density at radius 1 is 0.421 bits per heavy atom. The number of para-hydroxylation sites is 1. The molecule has 6 aromatic rings. The number of benzene rings is 5. The zero-order valence-electron chi connectivity index (χ0n) is 20.3. The normalized spacial score (nSPS) is 11.6. The van der Waals surface area contributed by atoms with Gasteiger partial charge in [-0.15, -0.1) is 0 Å². The fourth-order valence-corrected chi connectivity index (χ4v) is 4.67. The summed E-state index contributed by atoms with van der Waals surface area (Å²) >= 11 is 0. The summed E-state index contributed by atoms with van der Waals surface area (Å²) in [4.78, 5) is 4.57. The lowest BCUT2D eigenvalue weighted by Crippen LogP contribution is -2.04. The van der Waals surface area contributed by atoms with E-state index in [1.807, 2.05) is 48.7 Å². The van der Waals surface area contributed by atoms with Crippen molar-refractivity contribution in [2.75, 3.05) is 0 Å². The summed E-state index contributed by atoms with van der Waals surface area (Å²) in [6, 6.07) is 40.0. The van der Waals surface area contributed by atoms with Crippen molar-refractivity contribution in [3.63, 3.8) is 0 Å². The molecule has 38 heavy (non-hydrogen) atoms. The summed E-state index contributed by atoms with van der Waals surface area (Å²) in [5, 5.41) is 1.12. The predicted molar refractivity (Wildman–Crippen MR) is 148 cm³/mol. The van der Waals surface area contributed by atoms with Gasteiger partial charge in [0.1, 0.15) is 0 Å². The van der Waals surface area contributed by atoms with Gasteiger partial charge in [0.2, 0.25) is 0 Å². The van der Waals surface area contributed by atoms with E-state index in [1.165, 1.54) is 12.1 Å². The van der Waals surface area contributed by atoms with E-state index in [-0.39, 0.29) is 0 Å². The van der Waals surface area contributed by atoms with Crippen molar-refractivity contribution in [1.82, 2.24) is 4.98 Å². The first kappa shape index (κ1) is 23.7. The number of aromatic nitrogens is 1. The van der Waals surface area contributed by atoms with Crippen LogP contribution < -0.4 is 0 Å². The van der Waals surface area contributed by atoms with E-state index in [4.69, 9.17) is 0 Å². The van der Waals surface area contributed by atoms with Crippen LogP contribution in [0.1, 0.15) is 5.56 Å². The van der Waals surface area contributed by atoms with Crippen molar-refractivity contribution >= 4 is 10.9 Å². The molecule has 0 unspecified atom stereocenters. The van der Waals surface area contributed by atoms with Gasteiger partial charge in [-0.25, -0.2) is 0 Å². The van der Waals surface area contributed by atoms with Crippen LogP contribution in [0.25, 0.3) is 55.4 Å². The molecule has 0 fully saturated rings. The molecule has 1 nitrogen and oxygen atoms in total. The van der Waals surface area contributed by atoms with Gasteiger partial charge in [-0.05, 0) is 63.2 Å². The Kier molecular flexibility index (Phi) is 6.01. The Bertz CT molecular complexity index is 1720. The number of alkyl halides is 3. The van der Waals surface area contributed by atoms with Crippen LogP contribution in [-0.2, 0) is 6.18 Å². The van der Waals surface area contributed by atoms with E-state index in [0.717, 1.165) is 55.9 Å². The summed E-state index contributed by atoms with van der Waals surface area (Å²) in [6.07, 6.45) is -2.45. The van der Waals surface area contributed by atoms with Crippen molar-refractivity contribution in [2.45, 2.75) is 6.18 Å². The van der Waals surface area contributed by atoms with Crippen molar-refractivity contribution < 1.29 is 13.2 Å². The van der Waals surface area contributed by atoms with Crippen LogP contribution in [0.5, 0.6) is 0 Å². The lowest BCUT2D eigenvalue weighted by atomic mass is 9.96. The first-order valence-electron chi connectivity index (χ1n) is 12.3. The second-order valence-electron chi connectivity index (χ2n) is 9.23. The summed E-state index contributed by atoms with van der Waals surface area (Å²) in [6.45, 7) is 0. The SMILES string of the molecule is FC(F)(F)c1cccc(-c2ccc(-c3ccc(-c4ccc(-c5cnc6ccccc6c5)cc4)cc3)cc2)c1. The second kappa shape index (κ2) is 9.64. The molecule has 0 spiro atoms. The van der Waals surface area contributed by atoms with Crippen LogP contribution in [0.3, 0.4) is 0 Å². The van der Waals surface area contributed by atoms with E-state index in [9.17, 15) is 13.2 Å². The average molecular weight is 502 g/mol. The number of hydrogen-bond acceptors (Lipinski definition) is 1. The molecule has 0 N–H and O–H groups in total. The zero-order valence-corrected chi connectivity index (χ0v) is 20.3. The molecule has 0 radical (unpaired) electrons. The molecule has 0 aliphatic rings.